The average molecular weight is 845 g/mol. The predicted molar refractivity (Wildman–Crippen MR) is 247 cm³/mol. The maximum Gasteiger partial charge on any atom is 0.268 e. The van der Waals surface area contributed by atoms with Crippen molar-refractivity contribution >= 4 is 13.7 Å². The van der Waals surface area contributed by atoms with Gasteiger partial charge in [-0.3, -0.25) is 9.36 Å². The van der Waals surface area contributed by atoms with Gasteiger partial charge in [-0.25, -0.2) is 0 Å². The van der Waals surface area contributed by atoms with E-state index in [0.717, 1.165) is 38.5 Å². The third-order valence-corrected chi connectivity index (χ3v) is 12.8. The number of amides is 1. The molecule has 0 saturated carbocycles. The van der Waals surface area contributed by atoms with E-state index in [0.29, 0.717) is 23.9 Å². The standard InChI is InChI=1S/C49H101N2O6P/c1-6-8-10-12-14-16-18-20-22-24-25-27-28-30-32-34-36-38-40-42-48(52)47(46-57-58(54,55)56-45-44-51(3,4)5)50-49(53)43-41-39-37-35-33-31-29-26-23-21-19-17-15-13-11-9-7-2/h47-48,52H,6-46H2,1-5H3,(H-,50,53,54,55). The Morgan fingerprint density at radius 2 is 0.845 bits per heavy atom. The molecule has 3 unspecified atom stereocenters. The van der Waals surface area contributed by atoms with Crippen LogP contribution in [0.2, 0.25) is 0 Å². The van der Waals surface area contributed by atoms with Crippen LogP contribution in [0.3, 0.4) is 0 Å². The van der Waals surface area contributed by atoms with E-state index in [4.69, 9.17) is 9.05 Å². The van der Waals surface area contributed by atoms with Crippen LogP contribution in [-0.2, 0) is 18.4 Å². The maximum atomic E-state index is 12.9. The topological polar surface area (TPSA) is 108 Å². The molecule has 0 spiro atoms. The Morgan fingerprint density at radius 3 is 1.17 bits per heavy atom. The number of hydrogen-bond acceptors (Lipinski definition) is 6. The predicted octanol–water partition coefficient (Wildman–Crippen LogP) is 13.9. The summed E-state index contributed by atoms with van der Waals surface area (Å²) in [6.45, 7) is 4.76. The number of quaternary nitrogens is 1. The normalized spacial score (nSPS) is 14.1. The molecule has 0 aromatic heterocycles. The minimum atomic E-state index is -4.56. The smallest absolute Gasteiger partial charge is 0.268 e. The molecule has 0 rings (SSSR count). The summed E-state index contributed by atoms with van der Waals surface area (Å²) in [5.74, 6) is -0.159. The van der Waals surface area contributed by atoms with E-state index in [2.05, 4.69) is 19.2 Å². The van der Waals surface area contributed by atoms with Crippen LogP contribution in [0, 0.1) is 0 Å². The van der Waals surface area contributed by atoms with Crippen LogP contribution < -0.4 is 10.2 Å². The molecule has 3 atom stereocenters. The van der Waals surface area contributed by atoms with Crippen LogP contribution in [-0.4, -0.2) is 68.5 Å². The van der Waals surface area contributed by atoms with Crippen molar-refractivity contribution in [1.82, 2.24) is 5.32 Å². The lowest BCUT2D eigenvalue weighted by molar-refractivity contribution is -0.870. The second-order valence-corrected chi connectivity index (χ2v) is 20.3. The van der Waals surface area contributed by atoms with E-state index in [1.807, 2.05) is 21.1 Å². The highest BCUT2D eigenvalue weighted by Gasteiger charge is 2.24. The summed E-state index contributed by atoms with van der Waals surface area (Å²) in [5, 5.41) is 14.0. The number of carbonyl (C=O) groups excluding carboxylic acids is 1. The number of aliphatic hydroxyl groups is 1. The zero-order valence-corrected chi connectivity index (χ0v) is 40.4. The van der Waals surface area contributed by atoms with Crippen LogP contribution in [0.25, 0.3) is 0 Å². The average Bonchev–Trinajstić information content (AvgIpc) is 3.17. The maximum absolute atomic E-state index is 12.9. The summed E-state index contributed by atoms with van der Waals surface area (Å²) in [4.78, 5) is 25.4. The van der Waals surface area contributed by atoms with Crippen molar-refractivity contribution in [1.29, 1.82) is 0 Å². The molecule has 0 saturated heterocycles. The second kappa shape index (κ2) is 41.8. The first-order chi connectivity index (χ1) is 28.0. The van der Waals surface area contributed by atoms with Gasteiger partial charge in [0, 0.05) is 6.42 Å². The molecule has 1 amide bonds. The van der Waals surface area contributed by atoms with Crippen LogP contribution in [0.1, 0.15) is 258 Å². The van der Waals surface area contributed by atoms with Gasteiger partial charge >= 0.3 is 0 Å². The molecule has 8 nitrogen and oxygen atoms in total. The molecule has 58 heavy (non-hydrogen) atoms. The molecule has 0 radical (unpaired) electrons. The molecule has 0 aromatic rings. The van der Waals surface area contributed by atoms with E-state index < -0.39 is 20.0 Å². The number of likely N-dealkylation sites (N-methyl/N-ethyl adjacent to an activating group) is 1. The van der Waals surface area contributed by atoms with Gasteiger partial charge in [-0.15, -0.1) is 0 Å². The minimum Gasteiger partial charge on any atom is -0.756 e. The fraction of sp³-hybridized carbons (Fsp3) is 0.980. The Morgan fingerprint density at radius 1 is 0.534 bits per heavy atom. The lowest BCUT2D eigenvalue weighted by Crippen LogP contribution is -2.46. The highest BCUT2D eigenvalue weighted by Crippen LogP contribution is 2.38. The van der Waals surface area contributed by atoms with E-state index in [9.17, 15) is 19.4 Å². The van der Waals surface area contributed by atoms with Crippen LogP contribution in [0.15, 0.2) is 0 Å². The van der Waals surface area contributed by atoms with Crippen LogP contribution in [0.5, 0.6) is 0 Å². The molecule has 0 aromatic carbocycles. The van der Waals surface area contributed by atoms with Crippen molar-refractivity contribution in [3.63, 3.8) is 0 Å². The number of nitrogens with zero attached hydrogens (tertiary/aromatic N) is 1. The summed E-state index contributed by atoms with van der Waals surface area (Å²) in [6.07, 6.45) is 46.8. The van der Waals surface area contributed by atoms with Gasteiger partial charge in [-0.2, -0.15) is 0 Å². The number of carbonyl (C=O) groups is 1. The number of hydrogen-bond donors (Lipinski definition) is 2. The van der Waals surface area contributed by atoms with E-state index >= 15 is 0 Å². The molecular weight excluding hydrogens is 744 g/mol. The molecule has 348 valence electrons. The van der Waals surface area contributed by atoms with Crippen LogP contribution in [0.4, 0.5) is 0 Å². The van der Waals surface area contributed by atoms with Gasteiger partial charge in [0.25, 0.3) is 7.82 Å². The molecule has 9 heteroatoms. The Bertz CT molecular complexity index is 916. The van der Waals surface area contributed by atoms with Crippen molar-refractivity contribution in [3.05, 3.63) is 0 Å². The summed E-state index contributed by atoms with van der Waals surface area (Å²) in [6, 6.07) is -0.793. The lowest BCUT2D eigenvalue weighted by atomic mass is 10.0. The molecule has 0 aliphatic carbocycles. The quantitative estimate of drug-likeness (QED) is 0.0359. The first kappa shape index (κ1) is 57.5. The Balaban J connectivity index is 4.24. The number of aliphatic hydroxyl groups excluding tert-OH is 1. The zero-order valence-electron chi connectivity index (χ0n) is 39.5. The fourth-order valence-electron chi connectivity index (χ4n) is 7.81. The minimum absolute atomic E-state index is 0.0164. The zero-order chi connectivity index (χ0) is 42.8. The summed E-state index contributed by atoms with van der Waals surface area (Å²) >= 11 is 0. The van der Waals surface area contributed by atoms with Crippen molar-refractivity contribution < 1.29 is 32.9 Å². The van der Waals surface area contributed by atoms with Gasteiger partial charge in [-0.05, 0) is 12.8 Å². The molecule has 0 heterocycles. The van der Waals surface area contributed by atoms with Crippen molar-refractivity contribution in [2.24, 2.45) is 0 Å². The third kappa shape index (κ3) is 43.6. The molecule has 0 bridgehead atoms. The first-order valence-corrected chi connectivity index (χ1v) is 26.8. The first-order valence-electron chi connectivity index (χ1n) is 25.4. The Kier molecular flexibility index (Phi) is 41.5. The lowest BCUT2D eigenvalue weighted by Gasteiger charge is -2.30. The van der Waals surface area contributed by atoms with Crippen molar-refractivity contribution in [2.75, 3.05) is 40.9 Å². The highest BCUT2D eigenvalue weighted by molar-refractivity contribution is 7.45. The van der Waals surface area contributed by atoms with Crippen LogP contribution >= 0.6 is 7.82 Å². The molecule has 2 N–H and O–H groups in total. The number of nitrogens with one attached hydrogen (secondary N) is 1. The van der Waals surface area contributed by atoms with E-state index in [-0.39, 0.29) is 19.1 Å². The van der Waals surface area contributed by atoms with Gasteiger partial charge in [0.15, 0.2) is 0 Å². The number of unbranched alkanes of at least 4 members (excludes halogenated alkanes) is 34. The van der Waals surface area contributed by atoms with Crippen molar-refractivity contribution in [2.45, 2.75) is 270 Å². The summed E-state index contributed by atoms with van der Waals surface area (Å²) in [5.41, 5.74) is 0. The van der Waals surface area contributed by atoms with Gasteiger partial charge < -0.3 is 28.8 Å². The van der Waals surface area contributed by atoms with E-state index in [1.165, 1.54) is 193 Å². The summed E-state index contributed by atoms with van der Waals surface area (Å²) < 4.78 is 23.3. The van der Waals surface area contributed by atoms with Gasteiger partial charge in [0.2, 0.25) is 5.91 Å². The van der Waals surface area contributed by atoms with E-state index in [1.54, 1.807) is 0 Å². The summed E-state index contributed by atoms with van der Waals surface area (Å²) in [7, 11) is 1.32. The monoisotopic (exact) mass is 845 g/mol. The van der Waals surface area contributed by atoms with Gasteiger partial charge in [0.05, 0.1) is 39.9 Å². The molecule has 0 aliphatic heterocycles. The molecule has 0 aliphatic rings. The number of rotatable bonds is 47. The van der Waals surface area contributed by atoms with Crippen molar-refractivity contribution in [3.8, 4) is 0 Å². The van der Waals surface area contributed by atoms with Gasteiger partial charge in [-0.1, -0.05) is 239 Å². The van der Waals surface area contributed by atoms with Gasteiger partial charge in [0.1, 0.15) is 13.2 Å². The number of phosphoric acid groups is 1. The number of phosphoric ester groups is 1. The highest BCUT2D eigenvalue weighted by atomic mass is 31.2. The third-order valence-electron chi connectivity index (χ3n) is 11.8. The Hall–Kier alpha value is -0.500. The molecule has 0 fully saturated rings. The fourth-order valence-corrected chi connectivity index (χ4v) is 8.53. The second-order valence-electron chi connectivity index (χ2n) is 18.9. The Labute approximate surface area is 361 Å². The SMILES string of the molecule is CCCCCCCCCCCCCCCCCCCCCC(O)C(COP(=O)([O-])OCC[N+](C)(C)C)NC(=O)CCCCCCCCCCCCCCCCCCC. The largest absolute Gasteiger partial charge is 0.756 e. The molecular formula is C49H101N2O6P.